The third-order valence-electron chi connectivity index (χ3n) is 2.39. The molecule has 1 amide bonds. The Bertz CT molecular complexity index is 600. The second-order valence-electron chi connectivity index (χ2n) is 3.74. The second kappa shape index (κ2) is 6.16. The van der Waals surface area contributed by atoms with E-state index in [1.807, 2.05) is 6.92 Å². The third kappa shape index (κ3) is 3.54. The standard InChI is InChI=1S/C12H11BrClN3O2/c1-2-7-4-16-11(19-7)6-17-12(18)10-3-9(14)8(13)5-15-10/h3-5H,2,6H2,1H3,(H,17,18). The van der Waals surface area contributed by atoms with Gasteiger partial charge in [0.15, 0.2) is 0 Å². The molecule has 1 N–H and O–H groups in total. The number of amides is 1. The van der Waals surface area contributed by atoms with Crippen molar-refractivity contribution in [3.8, 4) is 0 Å². The molecule has 2 aromatic rings. The Morgan fingerprint density at radius 3 is 2.89 bits per heavy atom. The maximum Gasteiger partial charge on any atom is 0.270 e. The third-order valence-corrected chi connectivity index (χ3v) is 3.56. The van der Waals surface area contributed by atoms with E-state index in [0.717, 1.165) is 12.2 Å². The van der Waals surface area contributed by atoms with E-state index in [1.54, 1.807) is 6.20 Å². The van der Waals surface area contributed by atoms with Crippen LogP contribution in [0.15, 0.2) is 27.3 Å². The number of nitrogens with one attached hydrogen (secondary N) is 1. The van der Waals surface area contributed by atoms with Gasteiger partial charge < -0.3 is 9.73 Å². The molecular weight excluding hydrogens is 334 g/mol. The molecule has 0 unspecified atom stereocenters. The maximum atomic E-state index is 11.8. The van der Waals surface area contributed by atoms with Crippen LogP contribution in [-0.4, -0.2) is 15.9 Å². The van der Waals surface area contributed by atoms with Gasteiger partial charge in [0.1, 0.15) is 11.5 Å². The summed E-state index contributed by atoms with van der Waals surface area (Å²) >= 11 is 9.11. The monoisotopic (exact) mass is 343 g/mol. The van der Waals surface area contributed by atoms with Crippen LogP contribution in [0.1, 0.15) is 29.1 Å². The van der Waals surface area contributed by atoms with Gasteiger partial charge >= 0.3 is 0 Å². The van der Waals surface area contributed by atoms with Gasteiger partial charge in [0.05, 0.1) is 22.2 Å². The highest BCUT2D eigenvalue weighted by Crippen LogP contribution is 2.21. The van der Waals surface area contributed by atoms with Gasteiger partial charge in [-0.15, -0.1) is 0 Å². The number of halogens is 2. The molecular formula is C12H11BrClN3O2. The van der Waals surface area contributed by atoms with Crippen LogP contribution in [-0.2, 0) is 13.0 Å². The quantitative estimate of drug-likeness (QED) is 0.926. The van der Waals surface area contributed by atoms with Crippen molar-refractivity contribution < 1.29 is 9.21 Å². The largest absolute Gasteiger partial charge is 0.444 e. The number of pyridine rings is 1. The summed E-state index contributed by atoms with van der Waals surface area (Å²) in [4.78, 5) is 19.9. The molecule has 0 aromatic carbocycles. The number of rotatable bonds is 4. The van der Waals surface area contributed by atoms with Crippen molar-refractivity contribution in [3.05, 3.63) is 45.3 Å². The summed E-state index contributed by atoms with van der Waals surface area (Å²) in [5.41, 5.74) is 0.246. The first-order valence-electron chi connectivity index (χ1n) is 5.63. The highest BCUT2D eigenvalue weighted by atomic mass is 79.9. The lowest BCUT2D eigenvalue weighted by molar-refractivity contribution is 0.0942. The molecule has 0 spiro atoms. The summed E-state index contributed by atoms with van der Waals surface area (Å²) in [6.45, 7) is 2.19. The minimum atomic E-state index is -0.328. The fraction of sp³-hybridized carbons (Fsp3) is 0.250. The zero-order valence-electron chi connectivity index (χ0n) is 10.1. The molecule has 0 fully saturated rings. The van der Waals surface area contributed by atoms with Gasteiger partial charge in [-0.2, -0.15) is 0 Å². The average molecular weight is 345 g/mol. The van der Waals surface area contributed by atoms with E-state index in [9.17, 15) is 4.79 Å². The van der Waals surface area contributed by atoms with Crippen LogP contribution >= 0.6 is 27.5 Å². The molecule has 5 nitrogen and oxygen atoms in total. The van der Waals surface area contributed by atoms with Crippen LogP contribution in [0.5, 0.6) is 0 Å². The van der Waals surface area contributed by atoms with E-state index in [0.29, 0.717) is 15.4 Å². The fourth-order valence-electron chi connectivity index (χ4n) is 1.38. The summed E-state index contributed by atoms with van der Waals surface area (Å²) in [6, 6.07) is 1.49. The van der Waals surface area contributed by atoms with Gasteiger partial charge in [0.25, 0.3) is 5.91 Å². The predicted molar refractivity (Wildman–Crippen MR) is 74.0 cm³/mol. The summed E-state index contributed by atoms with van der Waals surface area (Å²) in [5.74, 6) is 0.924. The summed E-state index contributed by atoms with van der Waals surface area (Å²) in [7, 11) is 0. The van der Waals surface area contributed by atoms with E-state index in [4.69, 9.17) is 16.0 Å². The molecule has 2 aromatic heterocycles. The molecule has 2 heterocycles. The molecule has 19 heavy (non-hydrogen) atoms. The summed E-state index contributed by atoms with van der Waals surface area (Å²) in [6.07, 6.45) is 3.90. The SMILES string of the molecule is CCc1cnc(CNC(=O)c2cc(Cl)c(Br)cn2)o1. The Morgan fingerprint density at radius 1 is 1.47 bits per heavy atom. The zero-order chi connectivity index (χ0) is 13.8. The number of nitrogens with zero attached hydrogens (tertiary/aromatic N) is 2. The van der Waals surface area contributed by atoms with Gasteiger partial charge in [0, 0.05) is 12.6 Å². The van der Waals surface area contributed by atoms with Crippen molar-refractivity contribution in [1.29, 1.82) is 0 Å². The molecule has 0 aliphatic rings. The van der Waals surface area contributed by atoms with Crippen LogP contribution in [0.2, 0.25) is 5.02 Å². The van der Waals surface area contributed by atoms with E-state index in [2.05, 4.69) is 31.2 Å². The molecule has 0 saturated carbocycles. The second-order valence-corrected chi connectivity index (χ2v) is 5.00. The van der Waals surface area contributed by atoms with Gasteiger partial charge in [-0.05, 0) is 22.0 Å². The minimum Gasteiger partial charge on any atom is -0.444 e. The van der Waals surface area contributed by atoms with Crippen LogP contribution < -0.4 is 5.32 Å². The Kier molecular flexibility index (Phi) is 4.55. The maximum absolute atomic E-state index is 11.8. The number of carbonyl (C=O) groups excluding carboxylic acids is 1. The molecule has 0 aliphatic carbocycles. The minimum absolute atomic E-state index is 0.216. The van der Waals surface area contributed by atoms with Gasteiger partial charge in [-0.25, -0.2) is 9.97 Å². The lowest BCUT2D eigenvalue weighted by Crippen LogP contribution is -2.23. The first kappa shape index (κ1) is 14.0. The molecule has 0 atom stereocenters. The average Bonchev–Trinajstić information content (AvgIpc) is 2.87. The molecule has 0 saturated heterocycles. The van der Waals surface area contributed by atoms with Crippen LogP contribution in [0.25, 0.3) is 0 Å². The number of carbonyl (C=O) groups is 1. The highest BCUT2D eigenvalue weighted by Gasteiger charge is 2.11. The fourth-order valence-corrected chi connectivity index (χ4v) is 1.75. The van der Waals surface area contributed by atoms with E-state index in [1.165, 1.54) is 12.3 Å². The predicted octanol–water partition coefficient (Wildman–Crippen LogP) is 2.98. The Hall–Kier alpha value is -1.40. The Morgan fingerprint density at radius 2 is 2.26 bits per heavy atom. The van der Waals surface area contributed by atoms with Crippen molar-refractivity contribution in [3.63, 3.8) is 0 Å². The first-order valence-corrected chi connectivity index (χ1v) is 6.80. The van der Waals surface area contributed by atoms with Crippen molar-refractivity contribution in [2.75, 3.05) is 0 Å². The zero-order valence-corrected chi connectivity index (χ0v) is 12.5. The summed E-state index contributed by atoms with van der Waals surface area (Å²) in [5, 5.41) is 3.10. The van der Waals surface area contributed by atoms with Gasteiger partial charge in [0.2, 0.25) is 5.89 Å². The molecule has 0 aliphatic heterocycles. The Labute approximate surface area is 123 Å². The smallest absolute Gasteiger partial charge is 0.270 e. The topological polar surface area (TPSA) is 68.0 Å². The molecule has 0 radical (unpaired) electrons. The number of aryl methyl sites for hydroxylation is 1. The van der Waals surface area contributed by atoms with Crippen molar-refractivity contribution in [2.24, 2.45) is 0 Å². The Balaban J connectivity index is 1.99. The van der Waals surface area contributed by atoms with Crippen molar-refractivity contribution in [1.82, 2.24) is 15.3 Å². The van der Waals surface area contributed by atoms with E-state index >= 15 is 0 Å². The van der Waals surface area contributed by atoms with Crippen molar-refractivity contribution >= 4 is 33.4 Å². The number of oxazole rings is 1. The summed E-state index contributed by atoms with van der Waals surface area (Å²) < 4.78 is 6.03. The first-order chi connectivity index (χ1) is 9.10. The van der Waals surface area contributed by atoms with E-state index < -0.39 is 0 Å². The number of hydrogen-bond acceptors (Lipinski definition) is 4. The lowest BCUT2D eigenvalue weighted by atomic mass is 10.3. The van der Waals surface area contributed by atoms with E-state index in [-0.39, 0.29) is 18.1 Å². The van der Waals surface area contributed by atoms with Gasteiger partial charge in [-0.1, -0.05) is 18.5 Å². The molecule has 7 heteroatoms. The highest BCUT2D eigenvalue weighted by molar-refractivity contribution is 9.10. The van der Waals surface area contributed by atoms with Crippen molar-refractivity contribution in [2.45, 2.75) is 19.9 Å². The number of aromatic nitrogens is 2. The lowest BCUT2D eigenvalue weighted by Gasteiger charge is -2.03. The van der Waals surface area contributed by atoms with Crippen LogP contribution in [0.3, 0.4) is 0 Å². The normalized spacial score (nSPS) is 10.5. The molecule has 2 rings (SSSR count). The van der Waals surface area contributed by atoms with Gasteiger partial charge in [-0.3, -0.25) is 4.79 Å². The molecule has 0 bridgehead atoms. The number of hydrogen-bond donors (Lipinski definition) is 1. The van der Waals surface area contributed by atoms with Crippen LogP contribution in [0, 0.1) is 0 Å². The van der Waals surface area contributed by atoms with Crippen LogP contribution in [0.4, 0.5) is 0 Å². The molecule has 100 valence electrons.